The predicted molar refractivity (Wildman–Crippen MR) is 83.9 cm³/mol. The van der Waals surface area contributed by atoms with Crippen LogP contribution in [0.2, 0.25) is 0 Å². The topological polar surface area (TPSA) is 88.7 Å². The summed E-state index contributed by atoms with van der Waals surface area (Å²) in [6.45, 7) is 3.38. The molecule has 1 atom stereocenters. The number of nitrogens with one attached hydrogen (secondary N) is 2. The summed E-state index contributed by atoms with van der Waals surface area (Å²) in [5.74, 6) is 0.288. The zero-order chi connectivity index (χ0) is 15.5. The lowest BCUT2D eigenvalue weighted by Gasteiger charge is -2.12. The third-order valence-corrected chi connectivity index (χ3v) is 2.76. The Bertz CT molecular complexity index is 448. The van der Waals surface area contributed by atoms with Gasteiger partial charge in [0.2, 0.25) is 5.91 Å². The molecule has 1 aromatic carbocycles. The van der Waals surface area contributed by atoms with Gasteiger partial charge >= 0.3 is 0 Å². The van der Waals surface area contributed by atoms with Crippen LogP contribution in [-0.2, 0) is 16.1 Å². The van der Waals surface area contributed by atoms with Gasteiger partial charge in [0.05, 0.1) is 13.2 Å². The van der Waals surface area contributed by atoms with Gasteiger partial charge in [-0.05, 0) is 12.5 Å². The van der Waals surface area contributed by atoms with Gasteiger partial charge in [-0.25, -0.2) is 0 Å². The van der Waals surface area contributed by atoms with Gasteiger partial charge in [0.15, 0.2) is 5.96 Å². The molecule has 0 aliphatic rings. The zero-order valence-electron chi connectivity index (χ0n) is 12.6. The molecule has 0 saturated heterocycles. The minimum absolute atomic E-state index is 0.0413. The smallest absolute Gasteiger partial charge is 0.222 e. The molecule has 1 unspecified atom stereocenters. The molecule has 0 saturated carbocycles. The molecular weight excluding hydrogens is 268 g/mol. The number of benzene rings is 1. The maximum atomic E-state index is 11.7. The number of carbonyl (C=O) groups is 1. The van der Waals surface area contributed by atoms with Crippen LogP contribution in [0, 0.1) is 0 Å². The van der Waals surface area contributed by atoms with E-state index in [0.29, 0.717) is 32.1 Å². The Labute approximate surface area is 125 Å². The van der Waals surface area contributed by atoms with Crippen molar-refractivity contribution in [1.29, 1.82) is 0 Å². The second kappa shape index (κ2) is 9.77. The second-order valence-corrected chi connectivity index (χ2v) is 4.78. The molecule has 6 nitrogen and oxygen atoms in total. The number of hydrogen-bond donors (Lipinski definition) is 3. The lowest BCUT2D eigenvalue weighted by atomic mass is 10.2. The highest BCUT2D eigenvalue weighted by molar-refractivity contribution is 5.79. The van der Waals surface area contributed by atoms with Gasteiger partial charge in [-0.2, -0.15) is 0 Å². The molecule has 0 heterocycles. The van der Waals surface area contributed by atoms with E-state index in [1.165, 1.54) is 0 Å². The summed E-state index contributed by atoms with van der Waals surface area (Å²) in [4.78, 5) is 15.8. The average Bonchev–Trinajstić information content (AvgIpc) is 2.46. The SMILES string of the molecule is COCC(C)NC(N)=NCCC(=O)NCc1ccccc1. The average molecular weight is 292 g/mol. The fourth-order valence-corrected chi connectivity index (χ4v) is 1.75. The van der Waals surface area contributed by atoms with Crippen molar-refractivity contribution in [3.05, 3.63) is 35.9 Å². The van der Waals surface area contributed by atoms with Crippen molar-refractivity contribution in [3.63, 3.8) is 0 Å². The van der Waals surface area contributed by atoms with Gasteiger partial charge in [0.25, 0.3) is 0 Å². The summed E-state index contributed by atoms with van der Waals surface area (Å²) in [6, 6.07) is 9.86. The zero-order valence-corrected chi connectivity index (χ0v) is 12.6. The van der Waals surface area contributed by atoms with Crippen molar-refractivity contribution in [2.75, 3.05) is 20.3 Å². The van der Waals surface area contributed by atoms with Crippen molar-refractivity contribution in [1.82, 2.24) is 10.6 Å². The summed E-state index contributed by atoms with van der Waals surface area (Å²) in [5, 5.41) is 5.83. The third-order valence-electron chi connectivity index (χ3n) is 2.76. The van der Waals surface area contributed by atoms with E-state index in [4.69, 9.17) is 10.5 Å². The normalized spacial score (nSPS) is 12.8. The molecule has 1 aromatic rings. The van der Waals surface area contributed by atoms with E-state index >= 15 is 0 Å². The van der Waals surface area contributed by atoms with Gasteiger partial charge < -0.3 is 21.1 Å². The van der Waals surface area contributed by atoms with Gasteiger partial charge in [-0.1, -0.05) is 30.3 Å². The Morgan fingerprint density at radius 2 is 2.10 bits per heavy atom. The van der Waals surface area contributed by atoms with E-state index < -0.39 is 0 Å². The maximum absolute atomic E-state index is 11.7. The number of aliphatic imine (C=N–C) groups is 1. The molecule has 4 N–H and O–H groups in total. The minimum atomic E-state index is -0.0413. The lowest BCUT2D eigenvalue weighted by molar-refractivity contribution is -0.121. The van der Waals surface area contributed by atoms with Crippen molar-refractivity contribution in [2.24, 2.45) is 10.7 Å². The summed E-state index contributed by atoms with van der Waals surface area (Å²) < 4.78 is 4.98. The molecule has 0 radical (unpaired) electrons. The first-order valence-electron chi connectivity index (χ1n) is 6.98. The first-order chi connectivity index (χ1) is 10.1. The van der Waals surface area contributed by atoms with Crippen LogP contribution < -0.4 is 16.4 Å². The van der Waals surface area contributed by atoms with Crippen LogP contribution in [0.1, 0.15) is 18.9 Å². The van der Waals surface area contributed by atoms with Crippen LogP contribution in [0.15, 0.2) is 35.3 Å². The summed E-state index contributed by atoms with van der Waals surface area (Å²) >= 11 is 0. The molecule has 6 heteroatoms. The Kier molecular flexibility index (Phi) is 7.89. The largest absolute Gasteiger partial charge is 0.383 e. The number of hydrogen-bond acceptors (Lipinski definition) is 3. The number of amides is 1. The Hall–Kier alpha value is -2.08. The monoisotopic (exact) mass is 292 g/mol. The van der Waals surface area contributed by atoms with Crippen molar-refractivity contribution in [2.45, 2.75) is 25.9 Å². The van der Waals surface area contributed by atoms with Crippen LogP contribution in [0.3, 0.4) is 0 Å². The summed E-state index contributed by atoms with van der Waals surface area (Å²) in [7, 11) is 1.63. The van der Waals surface area contributed by atoms with Crippen molar-refractivity contribution < 1.29 is 9.53 Å². The lowest BCUT2D eigenvalue weighted by Crippen LogP contribution is -2.40. The molecule has 1 amide bonds. The molecule has 1 rings (SSSR count). The van der Waals surface area contributed by atoms with Crippen LogP contribution >= 0.6 is 0 Å². The highest BCUT2D eigenvalue weighted by Crippen LogP contribution is 1.97. The quantitative estimate of drug-likeness (QED) is 0.484. The predicted octanol–water partition coefficient (Wildman–Crippen LogP) is 0.632. The number of carbonyl (C=O) groups excluding carboxylic acids is 1. The molecule has 0 aromatic heterocycles. The molecule has 0 spiro atoms. The molecule has 0 bridgehead atoms. The molecule has 0 aliphatic heterocycles. The third kappa shape index (κ3) is 7.94. The van der Waals surface area contributed by atoms with Crippen LogP contribution in [0.25, 0.3) is 0 Å². The highest BCUT2D eigenvalue weighted by atomic mass is 16.5. The summed E-state index contributed by atoms with van der Waals surface area (Å²) in [5.41, 5.74) is 6.78. The van der Waals surface area contributed by atoms with Crippen molar-refractivity contribution in [3.8, 4) is 0 Å². The highest BCUT2D eigenvalue weighted by Gasteiger charge is 2.03. The van der Waals surface area contributed by atoms with Crippen LogP contribution in [0.4, 0.5) is 0 Å². The fourth-order valence-electron chi connectivity index (χ4n) is 1.75. The number of methoxy groups -OCH3 is 1. The van der Waals surface area contributed by atoms with Gasteiger partial charge in [-0.3, -0.25) is 9.79 Å². The molecular formula is C15H24N4O2. The molecule has 0 aliphatic carbocycles. The first kappa shape index (κ1) is 17.0. The van der Waals surface area contributed by atoms with Crippen LogP contribution in [0.5, 0.6) is 0 Å². The Balaban J connectivity index is 2.20. The Morgan fingerprint density at radius 3 is 2.76 bits per heavy atom. The van der Waals surface area contributed by atoms with Crippen molar-refractivity contribution >= 4 is 11.9 Å². The standard InChI is InChI=1S/C15H24N4O2/c1-12(11-21-2)19-15(16)17-9-8-14(20)18-10-13-6-4-3-5-7-13/h3-7,12H,8-11H2,1-2H3,(H,18,20)(H3,16,17,19). The van der Waals surface area contributed by atoms with E-state index in [2.05, 4.69) is 15.6 Å². The van der Waals surface area contributed by atoms with E-state index in [-0.39, 0.29) is 11.9 Å². The number of nitrogens with zero attached hydrogens (tertiary/aromatic N) is 1. The fraction of sp³-hybridized carbons (Fsp3) is 0.467. The number of rotatable bonds is 8. The van der Waals surface area contributed by atoms with Crippen LogP contribution in [-0.4, -0.2) is 38.2 Å². The maximum Gasteiger partial charge on any atom is 0.222 e. The number of guanidine groups is 1. The molecule has 116 valence electrons. The summed E-state index contributed by atoms with van der Waals surface area (Å²) in [6.07, 6.45) is 0.313. The van der Waals surface area contributed by atoms with E-state index in [1.54, 1.807) is 7.11 Å². The van der Waals surface area contributed by atoms with Gasteiger partial charge in [0, 0.05) is 26.1 Å². The number of ether oxygens (including phenoxy) is 1. The first-order valence-corrected chi connectivity index (χ1v) is 6.98. The van der Waals surface area contributed by atoms with E-state index in [9.17, 15) is 4.79 Å². The minimum Gasteiger partial charge on any atom is -0.383 e. The molecule has 0 fully saturated rings. The van der Waals surface area contributed by atoms with Gasteiger partial charge in [0.1, 0.15) is 0 Å². The van der Waals surface area contributed by atoms with Gasteiger partial charge in [-0.15, -0.1) is 0 Å². The second-order valence-electron chi connectivity index (χ2n) is 4.78. The number of nitrogens with two attached hydrogens (primary N) is 1. The molecule has 21 heavy (non-hydrogen) atoms. The Morgan fingerprint density at radius 1 is 1.38 bits per heavy atom. The van der Waals surface area contributed by atoms with E-state index in [0.717, 1.165) is 5.56 Å². The van der Waals surface area contributed by atoms with E-state index in [1.807, 2.05) is 37.3 Å².